The summed E-state index contributed by atoms with van der Waals surface area (Å²) in [6, 6.07) is 8.13. The predicted octanol–water partition coefficient (Wildman–Crippen LogP) is 3.39. The van der Waals surface area contributed by atoms with Gasteiger partial charge in [0.25, 0.3) is 0 Å². The van der Waals surface area contributed by atoms with Gasteiger partial charge in [0.1, 0.15) is 0 Å². The quantitative estimate of drug-likeness (QED) is 0.196. The van der Waals surface area contributed by atoms with Crippen LogP contribution < -0.4 is 10.6 Å². The summed E-state index contributed by atoms with van der Waals surface area (Å²) in [5.74, 6) is 1.55. The Bertz CT molecular complexity index is 584. The first-order valence-electron chi connectivity index (χ1n) is 10.2. The Kier molecular flexibility index (Phi) is 14.7. The first kappa shape index (κ1) is 26.4. The fourth-order valence-electron chi connectivity index (χ4n) is 3.30. The van der Waals surface area contributed by atoms with E-state index in [0.29, 0.717) is 19.1 Å². The number of aliphatic imine (C=N–C) groups is 1. The number of methoxy groups -OCH3 is 1. The van der Waals surface area contributed by atoms with Gasteiger partial charge in [-0.15, -0.1) is 24.0 Å². The van der Waals surface area contributed by atoms with Crippen molar-refractivity contribution in [2.24, 2.45) is 10.9 Å². The molecule has 0 saturated carbocycles. The number of piperidine rings is 1. The van der Waals surface area contributed by atoms with Gasteiger partial charge in [0.05, 0.1) is 13.2 Å². The summed E-state index contributed by atoms with van der Waals surface area (Å²) < 4.78 is 10.4. The van der Waals surface area contributed by atoms with Gasteiger partial charge in [-0.2, -0.15) is 0 Å². The number of guanidine groups is 1. The Morgan fingerprint density at radius 3 is 2.62 bits per heavy atom. The Balaban J connectivity index is 0.00000420. The number of hydrogen-bond donors (Lipinski definition) is 2. The zero-order valence-corrected chi connectivity index (χ0v) is 20.7. The lowest BCUT2D eigenvalue weighted by Crippen LogP contribution is -2.43. The van der Waals surface area contributed by atoms with Crippen molar-refractivity contribution >= 4 is 41.5 Å². The number of nitrogens with zero attached hydrogens (tertiary/aromatic N) is 2. The molecule has 2 rings (SSSR count). The molecule has 1 saturated heterocycles. The van der Waals surface area contributed by atoms with E-state index in [4.69, 9.17) is 21.1 Å². The average Bonchev–Trinajstić information content (AvgIpc) is 2.72. The van der Waals surface area contributed by atoms with Gasteiger partial charge in [0.2, 0.25) is 0 Å². The van der Waals surface area contributed by atoms with Gasteiger partial charge in [0.15, 0.2) is 5.96 Å². The van der Waals surface area contributed by atoms with Gasteiger partial charge < -0.3 is 20.1 Å². The van der Waals surface area contributed by atoms with Gasteiger partial charge in [-0.05, 0) is 49.9 Å². The average molecular weight is 539 g/mol. The van der Waals surface area contributed by atoms with Gasteiger partial charge in [-0.3, -0.25) is 9.89 Å². The summed E-state index contributed by atoms with van der Waals surface area (Å²) >= 11 is 6.29. The number of halogens is 2. The summed E-state index contributed by atoms with van der Waals surface area (Å²) in [6.07, 6.45) is 3.34. The van der Waals surface area contributed by atoms with E-state index in [2.05, 4.69) is 32.7 Å². The molecule has 0 aromatic heterocycles. The Hall–Kier alpha value is -0.610. The van der Waals surface area contributed by atoms with Crippen LogP contribution in [0.15, 0.2) is 29.3 Å². The van der Waals surface area contributed by atoms with Crippen LogP contribution in [0.1, 0.15) is 24.8 Å². The minimum Gasteiger partial charge on any atom is -0.382 e. The van der Waals surface area contributed by atoms with Crippen LogP contribution in [-0.2, 0) is 16.0 Å². The Morgan fingerprint density at radius 2 is 1.93 bits per heavy atom. The molecule has 0 atom stereocenters. The van der Waals surface area contributed by atoms with Gasteiger partial charge in [-0.25, -0.2) is 0 Å². The van der Waals surface area contributed by atoms with Crippen molar-refractivity contribution in [3.05, 3.63) is 34.9 Å². The molecule has 166 valence electrons. The van der Waals surface area contributed by atoms with Gasteiger partial charge in [-0.1, -0.05) is 29.8 Å². The standard InChI is InChI=1S/C21H35ClN4O2.HI/c1-23-21(24-10-5-13-28-15-14-27-2)25-16-18-8-11-26(12-9-18)17-19-6-3-4-7-20(19)22;/h3-4,6-7,18H,5,8-17H2,1-2H3,(H2,23,24,25);1H. The number of rotatable bonds is 11. The van der Waals surface area contributed by atoms with E-state index in [1.807, 2.05) is 19.2 Å². The van der Waals surface area contributed by atoms with Crippen LogP contribution in [0, 0.1) is 5.92 Å². The maximum absolute atomic E-state index is 6.29. The third kappa shape index (κ3) is 10.8. The molecule has 0 amide bonds. The maximum atomic E-state index is 6.29. The van der Waals surface area contributed by atoms with Crippen molar-refractivity contribution in [3.63, 3.8) is 0 Å². The molecule has 1 aromatic rings. The highest BCUT2D eigenvalue weighted by Crippen LogP contribution is 2.21. The Labute approximate surface area is 197 Å². The van der Waals surface area contributed by atoms with Crippen LogP contribution in [0.25, 0.3) is 0 Å². The molecule has 1 aromatic carbocycles. The minimum absolute atomic E-state index is 0. The van der Waals surface area contributed by atoms with Gasteiger partial charge >= 0.3 is 0 Å². The molecule has 0 unspecified atom stereocenters. The zero-order valence-electron chi connectivity index (χ0n) is 17.7. The minimum atomic E-state index is 0. The number of likely N-dealkylation sites (tertiary alicyclic amines) is 1. The summed E-state index contributed by atoms with van der Waals surface area (Å²) in [5.41, 5.74) is 1.22. The monoisotopic (exact) mass is 538 g/mol. The van der Waals surface area contributed by atoms with Crippen LogP contribution in [0.5, 0.6) is 0 Å². The molecular formula is C21H36ClIN4O2. The van der Waals surface area contributed by atoms with Crippen LogP contribution in [0.4, 0.5) is 0 Å². The smallest absolute Gasteiger partial charge is 0.190 e. The second kappa shape index (κ2) is 16.1. The first-order chi connectivity index (χ1) is 13.7. The molecule has 1 heterocycles. The number of benzene rings is 1. The molecule has 1 aliphatic rings. The summed E-state index contributed by atoms with van der Waals surface area (Å²) in [4.78, 5) is 6.80. The second-order valence-electron chi connectivity index (χ2n) is 7.15. The van der Waals surface area contributed by atoms with Crippen LogP contribution >= 0.6 is 35.6 Å². The highest BCUT2D eigenvalue weighted by molar-refractivity contribution is 14.0. The highest BCUT2D eigenvalue weighted by Gasteiger charge is 2.20. The second-order valence-corrected chi connectivity index (χ2v) is 7.56. The largest absolute Gasteiger partial charge is 0.382 e. The van der Waals surface area contributed by atoms with Crippen molar-refractivity contribution < 1.29 is 9.47 Å². The van der Waals surface area contributed by atoms with E-state index < -0.39 is 0 Å². The van der Waals surface area contributed by atoms with Crippen molar-refractivity contribution in [1.29, 1.82) is 0 Å². The molecule has 0 aliphatic carbocycles. The van der Waals surface area contributed by atoms with E-state index in [9.17, 15) is 0 Å². The lowest BCUT2D eigenvalue weighted by molar-refractivity contribution is 0.0698. The molecule has 2 N–H and O–H groups in total. The van der Waals surface area contributed by atoms with Crippen LogP contribution in [0.3, 0.4) is 0 Å². The lowest BCUT2D eigenvalue weighted by Gasteiger charge is -2.32. The highest BCUT2D eigenvalue weighted by atomic mass is 127. The SMILES string of the molecule is CN=C(NCCCOCCOC)NCC1CCN(Cc2ccccc2Cl)CC1.I. The Morgan fingerprint density at radius 1 is 1.17 bits per heavy atom. The van der Waals surface area contributed by atoms with Crippen molar-refractivity contribution in [3.8, 4) is 0 Å². The third-order valence-electron chi connectivity index (χ3n) is 5.03. The molecular weight excluding hydrogens is 503 g/mol. The fraction of sp³-hybridized carbons (Fsp3) is 0.667. The van der Waals surface area contributed by atoms with E-state index in [0.717, 1.165) is 56.7 Å². The van der Waals surface area contributed by atoms with Crippen molar-refractivity contribution in [2.45, 2.75) is 25.8 Å². The molecule has 0 bridgehead atoms. The number of ether oxygens (including phenoxy) is 2. The lowest BCUT2D eigenvalue weighted by atomic mass is 9.96. The molecule has 0 radical (unpaired) electrons. The summed E-state index contributed by atoms with van der Waals surface area (Å²) in [7, 11) is 3.50. The third-order valence-corrected chi connectivity index (χ3v) is 5.40. The topological polar surface area (TPSA) is 58.1 Å². The van der Waals surface area contributed by atoms with Crippen molar-refractivity contribution in [2.75, 3.05) is 60.2 Å². The maximum Gasteiger partial charge on any atom is 0.190 e. The van der Waals surface area contributed by atoms with Crippen LogP contribution in [-0.4, -0.2) is 71.0 Å². The predicted molar refractivity (Wildman–Crippen MR) is 132 cm³/mol. The molecule has 8 heteroatoms. The summed E-state index contributed by atoms with van der Waals surface area (Å²) in [5, 5.41) is 7.68. The zero-order chi connectivity index (χ0) is 20.0. The van der Waals surface area contributed by atoms with Crippen LogP contribution in [0.2, 0.25) is 5.02 Å². The summed E-state index contributed by atoms with van der Waals surface area (Å²) in [6.45, 7) is 7.01. The number of nitrogens with one attached hydrogen (secondary N) is 2. The number of hydrogen-bond acceptors (Lipinski definition) is 4. The van der Waals surface area contributed by atoms with E-state index in [1.165, 1.54) is 18.4 Å². The van der Waals surface area contributed by atoms with E-state index in [-0.39, 0.29) is 24.0 Å². The first-order valence-corrected chi connectivity index (χ1v) is 10.6. The van der Waals surface area contributed by atoms with E-state index in [1.54, 1.807) is 7.11 Å². The molecule has 6 nitrogen and oxygen atoms in total. The van der Waals surface area contributed by atoms with Gasteiger partial charge in [0, 0.05) is 45.4 Å². The molecule has 1 fully saturated rings. The molecule has 29 heavy (non-hydrogen) atoms. The fourth-order valence-corrected chi connectivity index (χ4v) is 3.50. The molecule has 0 spiro atoms. The van der Waals surface area contributed by atoms with Crippen molar-refractivity contribution in [1.82, 2.24) is 15.5 Å². The normalized spacial score (nSPS) is 15.8. The van der Waals surface area contributed by atoms with E-state index >= 15 is 0 Å². The molecule has 1 aliphatic heterocycles.